The molecule has 32 heavy (non-hydrogen) atoms. The summed E-state index contributed by atoms with van der Waals surface area (Å²) in [5, 5.41) is 13.5. The number of fused-ring (bicyclic) bond motifs is 1. The van der Waals surface area contributed by atoms with Crippen LogP contribution < -0.4 is 5.32 Å². The molecule has 2 aromatic carbocycles. The number of aromatic hydroxyl groups is 1. The molecule has 0 spiro atoms. The maximum absolute atomic E-state index is 11.8. The molecule has 1 amide bonds. The number of nitrogens with zero attached hydrogens (tertiary/aromatic N) is 1. The Hall–Kier alpha value is -1.85. The van der Waals surface area contributed by atoms with Gasteiger partial charge in [0.1, 0.15) is 5.75 Å². The van der Waals surface area contributed by atoms with E-state index in [1.807, 2.05) is 18.2 Å². The van der Waals surface area contributed by atoms with Gasteiger partial charge in [0.2, 0.25) is 5.91 Å². The molecule has 1 heterocycles. The zero-order chi connectivity index (χ0) is 22.1. The van der Waals surface area contributed by atoms with E-state index in [4.69, 9.17) is 0 Å². The Labute approximate surface area is 199 Å². The number of hydrogen-bond acceptors (Lipinski definition) is 3. The molecule has 1 saturated heterocycles. The van der Waals surface area contributed by atoms with Gasteiger partial charge < -0.3 is 10.4 Å². The van der Waals surface area contributed by atoms with Crippen LogP contribution in [0.3, 0.4) is 0 Å². The van der Waals surface area contributed by atoms with Crippen LogP contribution in [0.25, 0.3) is 0 Å². The van der Waals surface area contributed by atoms with E-state index < -0.39 is 0 Å². The lowest BCUT2D eigenvalue weighted by atomic mass is 9.52. The van der Waals surface area contributed by atoms with Gasteiger partial charge in [0.15, 0.2) is 0 Å². The highest BCUT2D eigenvalue weighted by Gasteiger charge is 2.53. The second-order valence-corrected chi connectivity index (χ2v) is 10.4. The second kappa shape index (κ2) is 9.18. The third-order valence-corrected chi connectivity index (χ3v) is 8.75. The fraction of sp³-hybridized carbons (Fsp3) is 0.519. The average molecular weight is 497 g/mol. The molecule has 2 aromatic rings. The fourth-order valence-electron chi connectivity index (χ4n) is 6.87. The van der Waals surface area contributed by atoms with Gasteiger partial charge in [-0.2, -0.15) is 0 Å². The highest BCUT2D eigenvalue weighted by molar-refractivity contribution is 9.09. The maximum Gasteiger partial charge on any atom is 0.235 e. The van der Waals surface area contributed by atoms with Gasteiger partial charge in [-0.25, -0.2) is 0 Å². The molecule has 2 bridgehead atoms. The quantitative estimate of drug-likeness (QED) is 0.525. The molecule has 170 valence electrons. The van der Waals surface area contributed by atoms with Gasteiger partial charge in [0, 0.05) is 17.1 Å². The van der Waals surface area contributed by atoms with Crippen LogP contribution in [-0.2, 0) is 23.1 Å². The molecule has 0 radical (unpaired) electrons. The number of phenols is 1. The van der Waals surface area contributed by atoms with E-state index in [1.165, 1.54) is 48.8 Å². The summed E-state index contributed by atoms with van der Waals surface area (Å²) in [5.74, 6) is 1.13. The van der Waals surface area contributed by atoms with Crippen molar-refractivity contribution in [2.75, 3.05) is 23.7 Å². The van der Waals surface area contributed by atoms with Crippen LogP contribution in [0.5, 0.6) is 5.75 Å². The van der Waals surface area contributed by atoms with E-state index >= 15 is 0 Å². The molecule has 4 nitrogen and oxygen atoms in total. The van der Waals surface area contributed by atoms with Crippen LogP contribution in [0.2, 0.25) is 0 Å². The van der Waals surface area contributed by atoms with Crippen molar-refractivity contribution in [2.45, 2.75) is 62.8 Å². The number of amides is 1. The van der Waals surface area contributed by atoms with E-state index in [-0.39, 0.29) is 11.3 Å². The van der Waals surface area contributed by atoms with Gasteiger partial charge in [-0.05, 0) is 92.4 Å². The summed E-state index contributed by atoms with van der Waals surface area (Å²) in [5.41, 5.74) is 5.34. The van der Waals surface area contributed by atoms with Crippen LogP contribution in [0.4, 0.5) is 5.69 Å². The van der Waals surface area contributed by atoms with Gasteiger partial charge in [-0.3, -0.25) is 9.69 Å². The number of hydrogen-bond donors (Lipinski definition) is 2. The Morgan fingerprint density at radius 3 is 2.94 bits per heavy atom. The number of nitrogens with one attached hydrogen (secondary N) is 1. The number of phenolic OH excluding ortho intramolecular Hbond substituents is 1. The molecule has 2 fully saturated rings. The summed E-state index contributed by atoms with van der Waals surface area (Å²) in [6.07, 6.45) is 9.64. The summed E-state index contributed by atoms with van der Waals surface area (Å²) >= 11 is 3.24. The van der Waals surface area contributed by atoms with E-state index in [2.05, 4.69) is 50.4 Å². The highest BCUT2D eigenvalue weighted by atomic mass is 79.9. The smallest absolute Gasteiger partial charge is 0.235 e. The Bertz CT molecular complexity index is 993. The molecule has 5 rings (SSSR count). The van der Waals surface area contributed by atoms with E-state index in [1.54, 1.807) is 0 Å². The first-order valence-corrected chi connectivity index (χ1v) is 13.2. The summed E-state index contributed by atoms with van der Waals surface area (Å²) in [6.45, 7) is 2.25. The monoisotopic (exact) mass is 496 g/mol. The lowest BCUT2D eigenvalue weighted by Crippen LogP contribution is -2.61. The Balaban J connectivity index is 1.30. The molecule has 1 aliphatic heterocycles. The minimum Gasteiger partial charge on any atom is -0.508 e. The van der Waals surface area contributed by atoms with E-state index in [0.717, 1.165) is 38.0 Å². The van der Waals surface area contributed by atoms with Crippen molar-refractivity contribution in [3.8, 4) is 5.75 Å². The molecule has 3 atom stereocenters. The normalized spacial score (nSPS) is 26.8. The fourth-order valence-corrected chi connectivity index (χ4v) is 7.01. The largest absolute Gasteiger partial charge is 0.508 e. The van der Waals surface area contributed by atoms with Crippen LogP contribution in [-0.4, -0.2) is 40.4 Å². The minimum atomic E-state index is -0.00553. The number of carbonyl (C=O) groups is 1. The Morgan fingerprint density at radius 1 is 1.19 bits per heavy atom. The van der Waals surface area contributed by atoms with E-state index in [9.17, 15) is 9.90 Å². The summed E-state index contributed by atoms with van der Waals surface area (Å²) in [4.78, 5) is 14.6. The Morgan fingerprint density at radius 2 is 2.06 bits per heavy atom. The molecule has 1 saturated carbocycles. The number of piperidine rings is 1. The third kappa shape index (κ3) is 3.99. The first kappa shape index (κ1) is 22.0. The van der Waals surface area contributed by atoms with Crippen LogP contribution >= 0.6 is 15.9 Å². The number of benzene rings is 2. The molecular formula is C27H33BrN2O2. The number of halogens is 1. The standard InChI is InChI=1S/C27H33BrN2O2/c28-18-26(32)29-24-9-2-1-6-19(24)7-5-14-30-15-13-27-12-4-3-8-22(27)25(30)16-20-10-11-21(31)17-23(20)27/h1-2,6,9-11,17,22,25,31H,3-5,7-8,12-16,18H2,(H,29,32)/t22-,25+,27+/m0/s1. The first-order chi connectivity index (χ1) is 15.6. The zero-order valence-electron chi connectivity index (χ0n) is 18.7. The summed E-state index contributed by atoms with van der Waals surface area (Å²) < 4.78 is 0. The topological polar surface area (TPSA) is 52.6 Å². The number of alkyl halides is 1. The lowest BCUT2D eigenvalue weighted by molar-refractivity contribution is -0.113. The first-order valence-electron chi connectivity index (χ1n) is 12.1. The molecule has 3 aliphatic rings. The molecule has 5 heteroatoms. The maximum atomic E-state index is 11.8. The summed E-state index contributed by atoms with van der Waals surface area (Å²) in [7, 11) is 0. The molecular weight excluding hydrogens is 464 g/mol. The van der Waals surface area contributed by atoms with Crippen LogP contribution in [0.1, 0.15) is 55.2 Å². The molecule has 0 unspecified atom stereocenters. The molecule has 0 aromatic heterocycles. The van der Waals surface area contributed by atoms with Crippen molar-refractivity contribution < 1.29 is 9.90 Å². The van der Waals surface area contributed by atoms with Gasteiger partial charge in [0.25, 0.3) is 0 Å². The van der Waals surface area contributed by atoms with Crippen molar-refractivity contribution in [3.63, 3.8) is 0 Å². The minimum absolute atomic E-state index is 0.00553. The Kier molecular flexibility index (Phi) is 6.31. The molecule has 2 aliphatic carbocycles. The predicted molar refractivity (Wildman–Crippen MR) is 133 cm³/mol. The SMILES string of the molecule is O=C(CBr)Nc1ccccc1CCCN1CC[C@]23CCCC[C@H]2[C@H]1Cc1ccc(O)cc13. The number of aryl methyl sites for hydroxylation is 1. The van der Waals surface area contributed by atoms with Crippen molar-refractivity contribution in [1.29, 1.82) is 0 Å². The number of rotatable bonds is 6. The highest BCUT2D eigenvalue weighted by Crippen LogP contribution is 2.56. The van der Waals surface area contributed by atoms with E-state index in [0.29, 0.717) is 23.0 Å². The van der Waals surface area contributed by atoms with Gasteiger partial charge in [-0.15, -0.1) is 0 Å². The number of para-hydroxylation sites is 1. The van der Waals surface area contributed by atoms with Gasteiger partial charge in [-0.1, -0.05) is 53.0 Å². The van der Waals surface area contributed by atoms with Gasteiger partial charge >= 0.3 is 0 Å². The molecule has 2 N–H and O–H groups in total. The summed E-state index contributed by atoms with van der Waals surface area (Å²) in [6, 6.07) is 14.9. The van der Waals surface area contributed by atoms with Crippen LogP contribution in [0.15, 0.2) is 42.5 Å². The van der Waals surface area contributed by atoms with Crippen LogP contribution in [0, 0.1) is 5.92 Å². The van der Waals surface area contributed by atoms with Crippen molar-refractivity contribution in [1.82, 2.24) is 4.90 Å². The third-order valence-electron chi connectivity index (χ3n) is 8.24. The van der Waals surface area contributed by atoms with Crippen molar-refractivity contribution in [3.05, 3.63) is 59.2 Å². The number of carbonyl (C=O) groups excluding carboxylic acids is 1. The predicted octanol–water partition coefficient (Wildman–Crippen LogP) is 5.42. The lowest BCUT2D eigenvalue weighted by Gasteiger charge is -2.59. The second-order valence-electron chi connectivity index (χ2n) is 9.85. The van der Waals surface area contributed by atoms with Crippen molar-refractivity contribution in [2.24, 2.45) is 5.92 Å². The van der Waals surface area contributed by atoms with Gasteiger partial charge in [0.05, 0.1) is 5.33 Å². The average Bonchev–Trinajstić information content (AvgIpc) is 2.82. The van der Waals surface area contributed by atoms with Crippen molar-refractivity contribution >= 4 is 27.5 Å². The number of anilines is 1. The number of likely N-dealkylation sites (tertiary alicyclic amines) is 1. The zero-order valence-corrected chi connectivity index (χ0v) is 20.2.